The van der Waals surface area contributed by atoms with Crippen LogP contribution >= 0.6 is 11.6 Å². The number of nitro benzene ring substituents is 1. The first kappa shape index (κ1) is 17.8. The summed E-state index contributed by atoms with van der Waals surface area (Å²) in [6, 6.07) is 6.88. The maximum atomic E-state index is 12.2. The van der Waals surface area contributed by atoms with Crippen LogP contribution in [0.1, 0.15) is 22.3 Å². The highest BCUT2D eigenvalue weighted by molar-refractivity contribution is 6.32. The number of benzene rings is 2. The standard InChI is InChI=1S/C17H15ClN2O6/c18-13-6-10(7-15-16(13)25-5-1-4-24-15)9-26-17(21)12-8-11(20(22)23)2-3-14(12)19/h2-3,6-8H,1,4-5,9,19H2. The molecule has 0 fully saturated rings. The van der Waals surface area contributed by atoms with E-state index in [1.807, 2.05) is 0 Å². The van der Waals surface area contributed by atoms with Crippen LogP contribution in [0.15, 0.2) is 30.3 Å². The number of nitrogen functional groups attached to an aromatic ring is 1. The van der Waals surface area contributed by atoms with E-state index in [1.165, 1.54) is 12.1 Å². The van der Waals surface area contributed by atoms with Gasteiger partial charge in [-0.2, -0.15) is 0 Å². The van der Waals surface area contributed by atoms with Gasteiger partial charge in [0.2, 0.25) is 0 Å². The van der Waals surface area contributed by atoms with Crippen LogP contribution in [0.5, 0.6) is 11.5 Å². The third-order valence-corrected chi connectivity index (χ3v) is 3.98. The molecule has 1 aliphatic rings. The van der Waals surface area contributed by atoms with Crippen molar-refractivity contribution in [3.05, 3.63) is 56.6 Å². The van der Waals surface area contributed by atoms with E-state index < -0.39 is 10.9 Å². The molecule has 2 N–H and O–H groups in total. The second-order valence-electron chi connectivity index (χ2n) is 5.56. The smallest absolute Gasteiger partial charge is 0.340 e. The lowest BCUT2D eigenvalue weighted by atomic mass is 10.1. The number of non-ortho nitro benzene ring substituents is 1. The largest absolute Gasteiger partial charge is 0.489 e. The topological polar surface area (TPSA) is 114 Å². The highest BCUT2D eigenvalue weighted by Crippen LogP contribution is 2.38. The predicted octanol–water partition coefficient (Wildman–Crippen LogP) is 3.35. The molecule has 8 nitrogen and oxygen atoms in total. The Hall–Kier alpha value is -3.00. The minimum absolute atomic E-state index is 0.0698. The second kappa shape index (κ2) is 7.49. The molecule has 0 radical (unpaired) electrons. The molecule has 0 unspecified atom stereocenters. The summed E-state index contributed by atoms with van der Waals surface area (Å²) >= 11 is 6.19. The summed E-state index contributed by atoms with van der Waals surface area (Å²) in [7, 11) is 0. The van der Waals surface area contributed by atoms with Crippen molar-refractivity contribution in [2.75, 3.05) is 18.9 Å². The number of esters is 1. The van der Waals surface area contributed by atoms with E-state index in [0.29, 0.717) is 35.3 Å². The highest BCUT2D eigenvalue weighted by atomic mass is 35.5. The van der Waals surface area contributed by atoms with E-state index >= 15 is 0 Å². The molecule has 3 rings (SSSR count). The number of carbonyl (C=O) groups excluding carboxylic acids is 1. The Morgan fingerprint density at radius 2 is 2.04 bits per heavy atom. The monoisotopic (exact) mass is 378 g/mol. The first-order chi connectivity index (χ1) is 12.5. The number of carbonyl (C=O) groups is 1. The van der Waals surface area contributed by atoms with E-state index in [-0.39, 0.29) is 23.5 Å². The lowest BCUT2D eigenvalue weighted by Gasteiger charge is -2.12. The van der Waals surface area contributed by atoms with Crippen molar-refractivity contribution >= 4 is 28.9 Å². The number of hydrogen-bond donors (Lipinski definition) is 1. The number of hydrogen-bond acceptors (Lipinski definition) is 7. The maximum absolute atomic E-state index is 12.2. The lowest BCUT2D eigenvalue weighted by molar-refractivity contribution is -0.384. The average Bonchev–Trinajstić information content (AvgIpc) is 2.85. The van der Waals surface area contributed by atoms with Gasteiger partial charge in [-0.05, 0) is 23.8 Å². The third-order valence-electron chi connectivity index (χ3n) is 3.70. The fourth-order valence-electron chi connectivity index (χ4n) is 2.43. The molecule has 0 saturated carbocycles. The fraction of sp³-hybridized carbons (Fsp3) is 0.235. The van der Waals surface area contributed by atoms with Gasteiger partial charge in [0.05, 0.1) is 28.7 Å². The number of anilines is 1. The van der Waals surface area contributed by atoms with Crippen molar-refractivity contribution in [2.24, 2.45) is 0 Å². The quantitative estimate of drug-likeness (QED) is 0.375. The van der Waals surface area contributed by atoms with Crippen LogP contribution in [0.3, 0.4) is 0 Å². The van der Waals surface area contributed by atoms with Crippen molar-refractivity contribution in [1.82, 2.24) is 0 Å². The number of nitro groups is 1. The van der Waals surface area contributed by atoms with E-state index in [2.05, 4.69) is 0 Å². The summed E-state index contributed by atoms with van der Waals surface area (Å²) in [6.45, 7) is 0.904. The van der Waals surface area contributed by atoms with Crippen molar-refractivity contribution in [2.45, 2.75) is 13.0 Å². The molecule has 2 aromatic carbocycles. The Morgan fingerprint density at radius 3 is 2.81 bits per heavy atom. The molecule has 1 aliphatic heterocycles. The number of ether oxygens (including phenoxy) is 3. The molecule has 26 heavy (non-hydrogen) atoms. The van der Waals surface area contributed by atoms with Gasteiger partial charge in [0, 0.05) is 24.2 Å². The molecule has 0 aliphatic carbocycles. The molecule has 1 heterocycles. The molecule has 0 spiro atoms. The van der Waals surface area contributed by atoms with Gasteiger partial charge in [0.1, 0.15) is 6.61 Å². The van der Waals surface area contributed by atoms with Gasteiger partial charge in [-0.15, -0.1) is 0 Å². The van der Waals surface area contributed by atoms with Gasteiger partial charge in [0.15, 0.2) is 11.5 Å². The van der Waals surface area contributed by atoms with Crippen LogP contribution < -0.4 is 15.2 Å². The van der Waals surface area contributed by atoms with Crippen molar-refractivity contribution in [1.29, 1.82) is 0 Å². The van der Waals surface area contributed by atoms with E-state index in [0.717, 1.165) is 12.5 Å². The number of halogens is 1. The van der Waals surface area contributed by atoms with Crippen LogP contribution in [-0.4, -0.2) is 24.1 Å². The average molecular weight is 379 g/mol. The summed E-state index contributed by atoms with van der Waals surface area (Å²) in [5.74, 6) is 0.174. The Kier molecular flexibility index (Phi) is 5.13. The van der Waals surface area contributed by atoms with E-state index in [9.17, 15) is 14.9 Å². The SMILES string of the molecule is Nc1ccc([N+](=O)[O-])cc1C(=O)OCc1cc(Cl)c2c(c1)OCCCO2. The number of fused-ring (bicyclic) bond motifs is 1. The molecular weight excluding hydrogens is 364 g/mol. The van der Waals surface area contributed by atoms with Crippen molar-refractivity contribution < 1.29 is 23.9 Å². The zero-order valence-electron chi connectivity index (χ0n) is 13.6. The Morgan fingerprint density at radius 1 is 1.27 bits per heavy atom. The normalized spacial score (nSPS) is 13.0. The van der Waals surface area contributed by atoms with Crippen LogP contribution in [0.25, 0.3) is 0 Å². The minimum atomic E-state index is -0.769. The number of rotatable bonds is 4. The summed E-state index contributed by atoms with van der Waals surface area (Å²) in [5.41, 5.74) is 6.08. The number of nitrogens with two attached hydrogens (primary N) is 1. The van der Waals surface area contributed by atoms with E-state index in [4.69, 9.17) is 31.5 Å². The first-order valence-electron chi connectivity index (χ1n) is 7.75. The Bertz CT molecular complexity index is 871. The van der Waals surface area contributed by atoms with Gasteiger partial charge in [-0.1, -0.05) is 11.6 Å². The second-order valence-corrected chi connectivity index (χ2v) is 5.97. The van der Waals surface area contributed by atoms with Crippen LogP contribution in [0.2, 0.25) is 5.02 Å². The van der Waals surface area contributed by atoms with Gasteiger partial charge >= 0.3 is 5.97 Å². The molecular formula is C17H15ClN2O6. The van der Waals surface area contributed by atoms with E-state index in [1.54, 1.807) is 12.1 Å². The first-order valence-corrected chi connectivity index (χ1v) is 8.12. The van der Waals surface area contributed by atoms with Gasteiger partial charge in [-0.3, -0.25) is 10.1 Å². The maximum Gasteiger partial charge on any atom is 0.340 e. The van der Waals surface area contributed by atoms with Crippen molar-refractivity contribution in [3.8, 4) is 11.5 Å². The molecule has 2 aromatic rings. The molecule has 136 valence electrons. The number of nitrogens with zero attached hydrogens (tertiary/aromatic N) is 1. The van der Waals surface area contributed by atoms with Crippen LogP contribution in [0, 0.1) is 10.1 Å². The van der Waals surface area contributed by atoms with Gasteiger partial charge in [-0.25, -0.2) is 4.79 Å². The Labute approximate surface area is 153 Å². The summed E-state index contributed by atoms with van der Waals surface area (Å²) in [6.07, 6.45) is 0.737. The molecule has 0 amide bonds. The van der Waals surface area contributed by atoms with Crippen molar-refractivity contribution in [3.63, 3.8) is 0 Å². The Balaban J connectivity index is 1.76. The zero-order valence-corrected chi connectivity index (χ0v) is 14.3. The van der Waals surface area contributed by atoms with Crippen LogP contribution in [-0.2, 0) is 11.3 Å². The summed E-state index contributed by atoms with van der Waals surface area (Å²) < 4.78 is 16.3. The third kappa shape index (κ3) is 3.80. The zero-order chi connectivity index (χ0) is 18.7. The molecule has 0 saturated heterocycles. The van der Waals surface area contributed by atoms with Gasteiger partial charge < -0.3 is 19.9 Å². The summed E-state index contributed by atoms with van der Waals surface area (Å²) in [5, 5.41) is 11.2. The van der Waals surface area contributed by atoms with Gasteiger partial charge in [0.25, 0.3) is 5.69 Å². The van der Waals surface area contributed by atoms with Crippen LogP contribution in [0.4, 0.5) is 11.4 Å². The minimum Gasteiger partial charge on any atom is -0.489 e. The molecule has 0 atom stereocenters. The summed E-state index contributed by atoms with van der Waals surface area (Å²) in [4.78, 5) is 22.5. The molecule has 9 heteroatoms. The highest BCUT2D eigenvalue weighted by Gasteiger charge is 2.19. The fourth-order valence-corrected chi connectivity index (χ4v) is 2.72. The predicted molar refractivity (Wildman–Crippen MR) is 93.7 cm³/mol. The lowest BCUT2D eigenvalue weighted by Crippen LogP contribution is -2.09. The molecule has 0 aromatic heterocycles. The molecule has 0 bridgehead atoms.